The van der Waals surface area contributed by atoms with Crippen molar-refractivity contribution in [3.8, 4) is 0 Å². The molecule has 0 saturated carbocycles. The van der Waals surface area contributed by atoms with Gasteiger partial charge >= 0.3 is 0 Å². The number of hydrogen-bond acceptors (Lipinski definition) is 3. The van der Waals surface area contributed by atoms with Gasteiger partial charge in [-0.25, -0.2) is 5.43 Å². The molecule has 0 saturated heterocycles. The van der Waals surface area contributed by atoms with Crippen LogP contribution in [0.2, 0.25) is 5.02 Å². The topological polar surface area (TPSA) is 70.6 Å². The summed E-state index contributed by atoms with van der Waals surface area (Å²) in [6.07, 6.45) is 0.0800. The number of anilines is 1. The highest BCUT2D eigenvalue weighted by Crippen LogP contribution is 2.14. The summed E-state index contributed by atoms with van der Waals surface area (Å²) in [7, 11) is 0. The third-order valence-corrected chi connectivity index (χ3v) is 3.55. The first kappa shape index (κ1) is 17.7. The summed E-state index contributed by atoms with van der Waals surface area (Å²) in [6.45, 7) is 3.64. The molecule has 24 heavy (non-hydrogen) atoms. The van der Waals surface area contributed by atoms with Crippen molar-refractivity contribution in [3.05, 3.63) is 64.7 Å². The lowest BCUT2D eigenvalue weighted by Gasteiger charge is -2.06. The van der Waals surface area contributed by atoms with E-state index in [1.807, 2.05) is 31.2 Å². The molecular weight excluding hydrogens is 326 g/mol. The SMILES string of the molecule is C/C(CC(=O)Nc1ccc(C)cc1)=N/NC(=O)c1ccccc1Cl. The molecule has 0 bridgehead atoms. The Labute approximate surface area is 145 Å². The van der Waals surface area contributed by atoms with Gasteiger partial charge in [-0.1, -0.05) is 41.4 Å². The van der Waals surface area contributed by atoms with Crippen molar-refractivity contribution in [1.29, 1.82) is 0 Å². The zero-order valence-corrected chi connectivity index (χ0v) is 14.2. The predicted molar refractivity (Wildman–Crippen MR) is 96.5 cm³/mol. The van der Waals surface area contributed by atoms with E-state index >= 15 is 0 Å². The Morgan fingerprint density at radius 3 is 2.42 bits per heavy atom. The summed E-state index contributed by atoms with van der Waals surface area (Å²) >= 11 is 5.95. The molecule has 0 fully saturated rings. The fourth-order valence-electron chi connectivity index (χ4n) is 1.97. The summed E-state index contributed by atoms with van der Waals surface area (Å²) < 4.78 is 0. The molecule has 0 aliphatic carbocycles. The van der Waals surface area contributed by atoms with Gasteiger partial charge < -0.3 is 5.32 Å². The maximum Gasteiger partial charge on any atom is 0.272 e. The number of carbonyl (C=O) groups is 2. The maximum absolute atomic E-state index is 12.0. The Hall–Kier alpha value is -2.66. The third kappa shape index (κ3) is 5.21. The summed E-state index contributed by atoms with van der Waals surface area (Å²) in [5, 5.41) is 7.06. The zero-order valence-electron chi connectivity index (χ0n) is 13.5. The van der Waals surface area contributed by atoms with Crippen molar-refractivity contribution < 1.29 is 9.59 Å². The van der Waals surface area contributed by atoms with Crippen LogP contribution in [-0.2, 0) is 4.79 Å². The van der Waals surface area contributed by atoms with Crippen molar-refractivity contribution >= 4 is 34.8 Å². The quantitative estimate of drug-likeness (QED) is 0.640. The van der Waals surface area contributed by atoms with Gasteiger partial charge in [-0.2, -0.15) is 5.10 Å². The van der Waals surface area contributed by atoms with Crippen LogP contribution in [0.5, 0.6) is 0 Å². The second kappa shape index (κ2) is 8.26. The summed E-state index contributed by atoms with van der Waals surface area (Å²) in [4.78, 5) is 23.9. The molecule has 5 nitrogen and oxygen atoms in total. The van der Waals surface area contributed by atoms with Crippen molar-refractivity contribution in [2.45, 2.75) is 20.3 Å². The zero-order chi connectivity index (χ0) is 17.5. The first-order chi connectivity index (χ1) is 11.5. The molecule has 0 heterocycles. The van der Waals surface area contributed by atoms with E-state index in [9.17, 15) is 9.59 Å². The highest BCUT2D eigenvalue weighted by molar-refractivity contribution is 6.33. The van der Waals surface area contributed by atoms with E-state index in [-0.39, 0.29) is 12.3 Å². The summed E-state index contributed by atoms with van der Waals surface area (Å²) in [5.74, 6) is -0.619. The van der Waals surface area contributed by atoms with E-state index in [2.05, 4.69) is 15.8 Å². The lowest BCUT2D eigenvalue weighted by molar-refractivity contribution is -0.115. The van der Waals surface area contributed by atoms with Crippen molar-refractivity contribution in [3.63, 3.8) is 0 Å². The lowest BCUT2D eigenvalue weighted by Crippen LogP contribution is -2.21. The molecule has 0 aromatic heterocycles. The van der Waals surface area contributed by atoms with Gasteiger partial charge in [0.15, 0.2) is 0 Å². The molecule has 2 rings (SSSR count). The Balaban J connectivity index is 1.89. The molecule has 124 valence electrons. The monoisotopic (exact) mass is 343 g/mol. The highest BCUT2D eigenvalue weighted by Gasteiger charge is 2.09. The fourth-order valence-corrected chi connectivity index (χ4v) is 2.19. The van der Waals surface area contributed by atoms with Gasteiger partial charge in [0, 0.05) is 11.4 Å². The van der Waals surface area contributed by atoms with Crippen molar-refractivity contribution in [2.75, 3.05) is 5.32 Å². The van der Waals surface area contributed by atoms with Crippen LogP contribution in [0.1, 0.15) is 29.3 Å². The number of halogens is 1. The molecule has 2 amide bonds. The second-order valence-electron chi connectivity index (χ2n) is 5.36. The third-order valence-electron chi connectivity index (χ3n) is 3.22. The second-order valence-corrected chi connectivity index (χ2v) is 5.77. The Morgan fingerprint density at radius 2 is 1.75 bits per heavy atom. The Morgan fingerprint density at radius 1 is 1.08 bits per heavy atom. The molecule has 0 radical (unpaired) electrons. The lowest BCUT2D eigenvalue weighted by atomic mass is 10.2. The number of nitrogens with one attached hydrogen (secondary N) is 2. The average Bonchev–Trinajstić information content (AvgIpc) is 2.55. The molecule has 2 aromatic carbocycles. The van der Waals surface area contributed by atoms with Crippen LogP contribution in [0.15, 0.2) is 53.6 Å². The molecule has 0 aliphatic heterocycles. The maximum atomic E-state index is 12.0. The molecule has 2 aromatic rings. The number of rotatable bonds is 5. The van der Waals surface area contributed by atoms with E-state index in [1.165, 1.54) is 0 Å². The van der Waals surface area contributed by atoms with Gasteiger partial charge in [0.1, 0.15) is 0 Å². The fraction of sp³-hybridized carbons (Fsp3) is 0.167. The van der Waals surface area contributed by atoms with Gasteiger partial charge in [-0.05, 0) is 38.1 Å². The normalized spacial score (nSPS) is 11.0. The number of hydrogen-bond donors (Lipinski definition) is 2. The van der Waals surface area contributed by atoms with Gasteiger partial charge in [0.25, 0.3) is 5.91 Å². The van der Waals surface area contributed by atoms with Crippen LogP contribution in [0.25, 0.3) is 0 Å². The van der Waals surface area contributed by atoms with Crippen LogP contribution >= 0.6 is 11.6 Å². The number of nitrogens with zero attached hydrogens (tertiary/aromatic N) is 1. The number of carbonyl (C=O) groups excluding carboxylic acids is 2. The highest BCUT2D eigenvalue weighted by atomic mass is 35.5. The Bertz CT molecular complexity index is 770. The molecule has 0 aliphatic rings. The molecule has 0 atom stereocenters. The molecule has 6 heteroatoms. The Kier molecular flexibility index (Phi) is 6.09. The van der Waals surface area contributed by atoms with Crippen molar-refractivity contribution in [1.82, 2.24) is 5.43 Å². The van der Waals surface area contributed by atoms with Crippen molar-refractivity contribution in [2.24, 2.45) is 5.10 Å². The van der Waals surface area contributed by atoms with E-state index in [0.29, 0.717) is 16.3 Å². The molecule has 0 unspecified atom stereocenters. The molecular formula is C18H18ClN3O2. The minimum absolute atomic E-state index is 0.0800. The largest absolute Gasteiger partial charge is 0.326 e. The van der Waals surface area contributed by atoms with E-state index in [0.717, 1.165) is 11.3 Å². The van der Waals surface area contributed by atoms with Crippen LogP contribution < -0.4 is 10.7 Å². The van der Waals surface area contributed by atoms with Crippen LogP contribution in [-0.4, -0.2) is 17.5 Å². The van der Waals surface area contributed by atoms with Crippen LogP contribution in [0, 0.1) is 6.92 Å². The molecule has 0 spiro atoms. The first-order valence-corrected chi connectivity index (χ1v) is 7.78. The molecule has 2 N–H and O–H groups in total. The van der Waals surface area contributed by atoms with Gasteiger partial charge in [0.05, 0.1) is 17.0 Å². The number of hydrazone groups is 1. The standard InChI is InChI=1S/C18H18ClN3O2/c1-12-7-9-14(10-8-12)20-17(23)11-13(2)21-22-18(24)15-5-3-4-6-16(15)19/h3-10H,11H2,1-2H3,(H,20,23)(H,22,24)/b21-13-. The minimum atomic E-state index is -0.418. The van der Waals surface area contributed by atoms with Gasteiger partial charge in [0.2, 0.25) is 5.91 Å². The van der Waals surface area contributed by atoms with Crippen LogP contribution in [0.3, 0.4) is 0 Å². The van der Waals surface area contributed by atoms with Gasteiger partial charge in [-0.3, -0.25) is 9.59 Å². The summed E-state index contributed by atoms with van der Waals surface area (Å²) in [6, 6.07) is 14.2. The number of benzene rings is 2. The minimum Gasteiger partial charge on any atom is -0.326 e. The summed E-state index contributed by atoms with van der Waals surface area (Å²) in [5.41, 5.74) is 5.06. The number of aryl methyl sites for hydroxylation is 1. The van der Waals surface area contributed by atoms with E-state index in [4.69, 9.17) is 11.6 Å². The van der Waals surface area contributed by atoms with Gasteiger partial charge in [-0.15, -0.1) is 0 Å². The van der Waals surface area contributed by atoms with E-state index < -0.39 is 5.91 Å². The van der Waals surface area contributed by atoms with E-state index in [1.54, 1.807) is 31.2 Å². The average molecular weight is 344 g/mol. The predicted octanol–water partition coefficient (Wildman–Crippen LogP) is 3.78. The van der Waals surface area contributed by atoms with Crippen LogP contribution in [0.4, 0.5) is 5.69 Å². The number of amides is 2. The smallest absolute Gasteiger partial charge is 0.272 e. The first-order valence-electron chi connectivity index (χ1n) is 7.40.